The number of anilines is 1. The molecule has 176 valence electrons. The number of aromatic nitrogens is 1. The van der Waals surface area contributed by atoms with E-state index in [-0.39, 0.29) is 11.8 Å². The summed E-state index contributed by atoms with van der Waals surface area (Å²) in [6.45, 7) is 8.54. The lowest BCUT2D eigenvalue weighted by Gasteiger charge is -2.37. The summed E-state index contributed by atoms with van der Waals surface area (Å²) < 4.78 is 10.8. The molecule has 9 heteroatoms. The normalized spacial score (nSPS) is 20.3. The van der Waals surface area contributed by atoms with Gasteiger partial charge in [-0.1, -0.05) is 18.2 Å². The van der Waals surface area contributed by atoms with Crippen LogP contribution in [0.25, 0.3) is 10.9 Å². The van der Waals surface area contributed by atoms with E-state index in [2.05, 4.69) is 9.80 Å². The Hall–Kier alpha value is -2.75. The van der Waals surface area contributed by atoms with Crippen molar-refractivity contribution in [1.29, 1.82) is 0 Å². The van der Waals surface area contributed by atoms with E-state index in [1.54, 1.807) is 0 Å². The molecule has 2 aromatic rings. The van der Waals surface area contributed by atoms with E-state index >= 15 is 0 Å². The molecule has 4 heterocycles. The van der Waals surface area contributed by atoms with Crippen LogP contribution in [0.1, 0.15) is 10.4 Å². The average Bonchev–Trinajstić information content (AvgIpc) is 2.89. The summed E-state index contributed by atoms with van der Waals surface area (Å²) in [5.74, 6) is 0.995. The van der Waals surface area contributed by atoms with Crippen molar-refractivity contribution in [3.05, 3.63) is 35.9 Å². The van der Waals surface area contributed by atoms with Crippen LogP contribution in [0.3, 0.4) is 0 Å². The van der Waals surface area contributed by atoms with E-state index in [1.165, 1.54) is 0 Å². The highest BCUT2D eigenvalue weighted by atomic mass is 16.5. The van der Waals surface area contributed by atoms with Crippen LogP contribution >= 0.6 is 0 Å². The van der Waals surface area contributed by atoms with Gasteiger partial charge in [0.15, 0.2) is 0 Å². The maximum absolute atomic E-state index is 13.3. The summed E-state index contributed by atoms with van der Waals surface area (Å²) >= 11 is 0. The highest BCUT2D eigenvalue weighted by Crippen LogP contribution is 2.25. The number of hydrogen-bond acceptors (Lipinski definition) is 7. The van der Waals surface area contributed by atoms with Crippen molar-refractivity contribution >= 4 is 28.5 Å². The summed E-state index contributed by atoms with van der Waals surface area (Å²) in [5, 5.41) is 0.872. The topological polar surface area (TPSA) is 78.5 Å². The maximum Gasteiger partial charge on any atom is 0.254 e. The number of amides is 2. The number of hydrogen-bond donors (Lipinski definition) is 0. The summed E-state index contributed by atoms with van der Waals surface area (Å²) in [7, 11) is 0. The number of para-hydroxylation sites is 1. The van der Waals surface area contributed by atoms with Crippen LogP contribution in [0, 0.1) is 0 Å². The Morgan fingerprint density at radius 3 is 2.21 bits per heavy atom. The minimum Gasteiger partial charge on any atom is -0.379 e. The maximum atomic E-state index is 13.3. The minimum atomic E-state index is 0.0254. The predicted octanol–water partition coefficient (Wildman–Crippen LogP) is 0.688. The molecule has 3 aliphatic rings. The minimum absolute atomic E-state index is 0.0254. The van der Waals surface area contributed by atoms with Crippen molar-refractivity contribution in [3.8, 4) is 0 Å². The number of pyridine rings is 1. The number of rotatable bonds is 4. The first-order valence-corrected chi connectivity index (χ1v) is 11.8. The first-order chi connectivity index (χ1) is 16.2. The molecule has 9 nitrogen and oxygen atoms in total. The quantitative estimate of drug-likeness (QED) is 0.674. The van der Waals surface area contributed by atoms with E-state index in [0.29, 0.717) is 77.8 Å². The van der Waals surface area contributed by atoms with E-state index in [9.17, 15) is 9.59 Å². The van der Waals surface area contributed by atoms with Gasteiger partial charge in [-0.25, -0.2) is 4.98 Å². The lowest BCUT2D eigenvalue weighted by atomic mass is 10.1. The van der Waals surface area contributed by atoms with Crippen molar-refractivity contribution in [2.24, 2.45) is 0 Å². The number of carbonyl (C=O) groups excluding carboxylic acids is 2. The molecule has 5 rings (SSSR count). The number of nitrogens with zero attached hydrogens (tertiary/aromatic N) is 5. The SMILES string of the molecule is O=C(CN1CCOCC1)N1CCN(c2cc(C(=O)N3CCOCC3)c3ccccc3n2)CC1. The molecule has 0 atom stereocenters. The van der Waals surface area contributed by atoms with Crippen molar-refractivity contribution in [2.45, 2.75) is 0 Å². The molecule has 3 saturated heterocycles. The van der Waals surface area contributed by atoms with Crippen LogP contribution in [0.15, 0.2) is 30.3 Å². The molecule has 0 saturated carbocycles. The van der Waals surface area contributed by atoms with Gasteiger partial charge in [0.2, 0.25) is 5.91 Å². The van der Waals surface area contributed by atoms with Crippen molar-refractivity contribution in [2.75, 3.05) is 90.2 Å². The van der Waals surface area contributed by atoms with Crippen molar-refractivity contribution in [3.63, 3.8) is 0 Å². The zero-order valence-corrected chi connectivity index (χ0v) is 18.9. The van der Waals surface area contributed by atoms with Gasteiger partial charge in [-0.05, 0) is 12.1 Å². The molecule has 0 N–H and O–H groups in total. The second-order valence-corrected chi connectivity index (χ2v) is 8.71. The van der Waals surface area contributed by atoms with Crippen LogP contribution in [0.2, 0.25) is 0 Å². The molecule has 0 radical (unpaired) electrons. The van der Waals surface area contributed by atoms with Gasteiger partial charge in [0.05, 0.1) is 44.1 Å². The molecule has 1 aromatic heterocycles. The molecule has 0 bridgehead atoms. The number of carbonyl (C=O) groups is 2. The van der Waals surface area contributed by atoms with Gasteiger partial charge in [-0.2, -0.15) is 0 Å². The second-order valence-electron chi connectivity index (χ2n) is 8.71. The van der Waals surface area contributed by atoms with Crippen molar-refractivity contribution in [1.82, 2.24) is 19.7 Å². The first-order valence-electron chi connectivity index (χ1n) is 11.8. The van der Waals surface area contributed by atoms with Crippen molar-refractivity contribution < 1.29 is 19.1 Å². The molecule has 1 aromatic carbocycles. The molecule has 0 unspecified atom stereocenters. The fourth-order valence-electron chi connectivity index (χ4n) is 4.67. The Labute approximate surface area is 193 Å². The monoisotopic (exact) mass is 453 g/mol. The number of ether oxygens (including phenoxy) is 2. The summed E-state index contributed by atoms with van der Waals surface area (Å²) in [4.78, 5) is 39.1. The fraction of sp³-hybridized carbons (Fsp3) is 0.542. The number of morpholine rings is 2. The highest BCUT2D eigenvalue weighted by molar-refractivity contribution is 6.07. The summed E-state index contributed by atoms with van der Waals surface area (Å²) in [5.41, 5.74) is 1.50. The number of benzene rings is 1. The zero-order chi connectivity index (χ0) is 22.6. The molecule has 2 amide bonds. The van der Waals surface area contributed by atoms with Crippen LogP contribution in [-0.2, 0) is 14.3 Å². The predicted molar refractivity (Wildman–Crippen MR) is 125 cm³/mol. The Morgan fingerprint density at radius 2 is 1.48 bits per heavy atom. The Kier molecular flexibility index (Phi) is 6.70. The second kappa shape index (κ2) is 10.0. The van der Waals surface area contributed by atoms with Gasteiger partial charge >= 0.3 is 0 Å². The van der Waals surface area contributed by atoms with E-state index in [4.69, 9.17) is 14.5 Å². The van der Waals surface area contributed by atoms with Gasteiger partial charge in [-0.15, -0.1) is 0 Å². The summed E-state index contributed by atoms with van der Waals surface area (Å²) in [6.07, 6.45) is 0. The third-order valence-corrected chi connectivity index (χ3v) is 6.65. The molecule has 0 spiro atoms. The molecule has 0 aliphatic carbocycles. The number of piperazine rings is 1. The third kappa shape index (κ3) is 4.95. The van der Waals surface area contributed by atoms with Gasteiger partial charge in [0.1, 0.15) is 5.82 Å². The number of fused-ring (bicyclic) bond motifs is 1. The lowest BCUT2D eigenvalue weighted by molar-refractivity contribution is -0.133. The Bertz CT molecular complexity index is 996. The smallest absolute Gasteiger partial charge is 0.254 e. The standard InChI is InChI=1S/C24H31N5O4/c30-23(18-26-9-13-32-14-10-26)28-7-5-27(6-8-28)22-17-20(19-3-1-2-4-21(19)25-22)24(31)29-11-15-33-16-12-29/h1-4,17H,5-16,18H2. The Balaban J connectivity index is 1.30. The van der Waals surface area contributed by atoms with Gasteiger partial charge < -0.3 is 24.2 Å². The van der Waals surface area contributed by atoms with E-state index in [1.807, 2.05) is 40.1 Å². The Morgan fingerprint density at radius 1 is 0.818 bits per heavy atom. The van der Waals surface area contributed by atoms with Crippen LogP contribution < -0.4 is 4.90 Å². The zero-order valence-electron chi connectivity index (χ0n) is 18.9. The molecule has 33 heavy (non-hydrogen) atoms. The van der Waals surface area contributed by atoms with Gasteiger partial charge in [-0.3, -0.25) is 14.5 Å². The van der Waals surface area contributed by atoms with Crippen LogP contribution in [0.5, 0.6) is 0 Å². The van der Waals surface area contributed by atoms with Gasteiger partial charge in [0.25, 0.3) is 5.91 Å². The average molecular weight is 454 g/mol. The van der Waals surface area contributed by atoms with E-state index in [0.717, 1.165) is 29.8 Å². The van der Waals surface area contributed by atoms with E-state index < -0.39 is 0 Å². The molecule has 3 aliphatic heterocycles. The molecular weight excluding hydrogens is 422 g/mol. The van der Waals surface area contributed by atoms with Crippen LogP contribution in [-0.4, -0.2) is 117 Å². The van der Waals surface area contributed by atoms with Crippen LogP contribution in [0.4, 0.5) is 5.82 Å². The molecule has 3 fully saturated rings. The summed E-state index contributed by atoms with van der Waals surface area (Å²) in [6, 6.07) is 9.73. The third-order valence-electron chi connectivity index (χ3n) is 6.65. The largest absolute Gasteiger partial charge is 0.379 e. The lowest BCUT2D eigenvalue weighted by Crippen LogP contribution is -2.52. The van der Waals surface area contributed by atoms with Gasteiger partial charge in [0, 0.05) is 57.7 Å². The molecular formula is C24H31N5O4. The fourth-order valence-corrected chi connectivity index (χ4v) is 4.67. The first kappa shape index (κ1) is 22.1. The highest BCUT2D eigenvalue weighted by Gasteiger charge is 2.26.